The van der Waals surface area contributed by atoms with E-state index in [0.717, 1.165) is 35.4 Å². The second-order valence-corrected chi connectivity index (χ2v) is 7.92. The van der Waals surface area contributed by atoms with Crippen LogP contribution in [-0.4, -0.2) is 28.6 Å². The van der Waals surface area contributed by atoms with Gasteiger partial charge < -0.3 is 5.11 Å². The molecule has 0 amide bonds. The molecule has 1 N–H and O–H groups in total. The molecule has 2 aromatic rings. The number of halogens is 2. The fraction of sp³-hybridized carbons (Fsp3) is 0.389. The maximum atomic E-state index is 11.8. The van der Waals surface area contributed by atoms with Crippen molar-refractivity contribution in [2.45, 2.75) is 38.3 Å². The molecular weight excluding hydrogens is 365 g/mol. The Bertz CT molecular complexity index is 746. The van der Waals surface area contributed by atoms with Crippen molar-refractivity contribution in [1.82, 2.24) is 4.90 Å². The fourth-order valence-electron chi connectivity index (χ4n) is 3.39. The summed E-state index contributed by atoms with van der Waals surface area (Å²) in [5.41, 5.74) is 2.07. The topological polar surface area (TPSA) is 40.5 Å². The minimum absolute atomic E-state index is 0.156. The van der Waals surface area contributed by atoms with Crippen LogP contribution in [0.25, 0.3) is 0 Å². The Morgan fingerprint density at radius 2 is 2.12 bits per heavy atom. The third kappa shape index (κ3) is 3.47. The SMILES string of the molecule is Cc1ccsc1C(c1ccc(Cl)cc1Cl)N1CCCCC1C(=O)O. The predicted octanol–water partition coefficient (Wildman–Crippen LogP) is 5.39. The highest BCUT2D eigenvalue weighted by Gasteiger charge is 2.36. The van der Waals surface area contributed by atoms with E-state index in [0.29, 0.717) is 16.5 Å². The van der Waals surface area contributed by atoms with Gasteiger partial charge in [-0.2, -0.15) is 0 Å². The molecule has 1 aromatic carbocycles. The highest BCUT2D eigenvalue weighted by Crippen LogP contribution is 2.41. The van der Waals surface area contributed by atoms with Crippen LogP contribution in [0, 0.1) is 6.92 Å². The lowest BCUT2D eigenvalue weighted by atomic mass is 9.94. The molecule has 1 aliphatic heterocycles. The van der Waals surface area contributed by atoms with Crippen LogP contribution in [0.1, 0.15) is 41.3 Å². The average Bonchev–Trinajstić information content (AvgIpc) is 2.96. The standard InChI is InChI=1S/C18H19Cl2NO2S/c1-11-7-9-24-17(11)16(13-6-5-12(19)10-14(13)20)21-8-3-2-4-15(21)18(22)23/h5-7,9-10,15-16H,2-4,8H2,1H3,(H,22,23). The molecule has 2 unspecified atom stereocenters. The lowest BCUT2D eigenvalue weighted by Crippen LogP contribution is -2.46. The molecule has 6 heteroatoms. The van der Waals surface area contributed by atoms with Crippen LogP contribution in [0.3, 0.4) is 0 Å². The van der Waals surface area contributed by atoms with E-state index >= 15 is 0 Å². The fourth-order valence-corrected chi connectivity index (χ4v) is 4.96. The molecule has 1 aliphatic rings. The Morgan fingerprint density at radius 3 is 2.75 bits per heavy atom. The van der Waals surface area contributed by atoms with Gasteiger partial charge in [-0.3, -0.25) is 9.69 Å². The molecule has 1 aromatic heterocycles. The summed E-state index contributed by atoms with van der Waals surface area (Å²) in [5, 5.41) is 12.9. The van der Waals surface area contributed by atoms with E-state index in [1.807, 2.05) is 17.5 Å². The van der Waals surface area contributed by atoms with Crippen LogP contribution in [0.5, 0.6) is 0 Å². The predicted molar refractivity (Wildman–Crippen MR) is 99.3 cm³/mol. The molecule has 0 spiro atoms. The van der Waals surface area contributed by atoms with Crippen molar-refractivity contribution in [1.29, 1.82) is 0 Å². The largest absolute Gasteiger partial charge is 0.480 e. The molecule has 2 atom stereocenters. The van der Waals surface area contributed by atoms with E-state index in [2.05, 4.69) is 17.9 Å². The minimum atomic E-state index is -0.765. The van der Waals surface area contributed by atoms with Crippen molar-refractivity contribution in [3.8, 4) is 0 Å². The van der Waals surface area contributed by atoms with Gasteiger partial charge in [0.05, 0.1) is 6.04 Å². The summed E-state index contributed by atoms with van der Waals surface area (Å²) < 4.78 is 0. The number of likely N-dealkylation sites (tertiary alicyclic amines) is 1. The number of carbonyl (C=O) groups is 1. The van der Waals surface area contributed by atoms with Crippen molar-refractivity contribution < 1.29 is 9.90 Å². The number of hydrogen-bond acceptors (Lipinski definition) is 3. The van der Waals surface area contributed by atoms with Crippen LogP contribution in [0.4, 0.5) is 0 Å². The van der Waals surface area contributed by atoms with E-state index in [1.165, 1.54) is 0 Å². The Labute approximate surface area is 155 Å². The molecule has 0 saturated carbocycles. The van der Waals surface area contributed by atoms with Crippen molar-refractivity contribution in [3.05, 3.63) is 55.7 Å². The van der Waals surface area contributed by atoms with E-state index in [9.17, 15) is 9.90 Å². The number of rotatable bonds is 4. The maximum Gasteiger partial charge on any atom is 0.320 e. The van der Waals surface area contributed by atoms with Gasteiger partial charge in [-0.25, -0.2) is 0 Å². The van der Waals surface area contributed by atoms with E-state index in [4.69, 9.17) is 23.2 Å². The van der Waals surface area contributed by atoms with Crippen molar-refractivity contribution in [2.75, 3.05) is 6.54 Å². The van der Waals surface area contributed by atoms with Gasteiger partial charge in [0.2, 0.25) is 0 Å². The van der Waals surface area contributed by atoms with Gasteiger partial charge in [0, 0.05) is 14.9 Å². The number of aryl methyl sites for hydroxylation is 1. The highest BCUT2D eigenvalue weighted by atomic mass is 35.5. The van der Waals surface area contributed by atoms with Gasteiger partial charge in [-0.05, 0) is 61.0 Å². The van der Waals surface area contributed by atoms with E-state index in [1.54, 1.807) is 17.4 Å². The Kier molecular flexibility index (Phi) is 5.50. The monoisotopic (exact) mass is 383 g/mol. The van der Waals surface area contributed by atoms with Crippen LogP contribution < -0.4 is 0 Å². The Morgan fingerprint density at radius 1 is 1.33 bits per heavy atom. The molecule has 0 aliphatic carbocycles. The van der Waals surface area contributed by atoms with Crippen LogP contribution in [0.15, 0.2) is 29.6 Å². The second-order valence-electron chi connectivity index (χ2n) is 6.12. The number of nitrogens with zero attached hydrogens (tertiary/aromatic N) is 1. The molecule has 0 bridgehead atoms. The highest BCUT2D eigenvalue weighted by molar-refractivity contribution is 7.10. The normalized spacial score (nSPS) is 20.0. The summed E-state index contributed by atoms with van der Waals surface area (Å²) in [6, 6.07) is 6.89. The van der Waals surface area contributed by atoms with Crippen LogP contribution in [0.2, 0.25) is 10.0 Å². The lowest BCUT2D eigenvalue weighted by Gasteiger charge is -2.39. The number of carboxylic acid groups (broad SMARTS) is 1. The Balaban J connectivity index is 2.11. The summed E-state index contributed by atoms with van der Waals surface area (Å²) >= 11 is 14.2. The number of thiophene rings is 1. The third-order valence-electron chi connectivity index (χ3n) is 4.57. The zero-order valence-electron chi connectivity index (χ0n) is 13.3. The van der Waals surface area contributed by atoms with Crippen LogP contribution >= 0.6 is 34.5 Å². The number of hydrogen-bond donors (Lipinski definition) is 1. The van der Waals surface area contributed by atoms with Gasteiger partial charge in [-0.1, -0.05) is 35.7 Å². The minimum Gasteiger partial charge on any atom is -0.480 e. The molecule has 3 nitrogen and oxygen atoms in total. The molecule has 128 valence electrons. The lowest BCUT2D eigenvalue weighted by molar-refractivity contribution is -0.145. The zero-order chi connectivity index (χ0) is 17.3. The van der Waals surface area contributed by atoms with E-state index in [-0.39, 0.29) is 6.04 Å². The maximum absolute atomic E-state index is 11.8. The van der Waals surface area contributed by atoms with E-state index < -0.39 is 12.0 Å². The summed E-state index contributed by atoms with van der Waals surface area (Å²) in [6.07, 6.45) is 2.61. The molecule has 2 heterocycles. The van der Waals surface area contributed by atoms with Crippen molar-refractivity contribution in [3.63, 3.8) is 0 Å². The van der Waals surface area contributed by atoms with Crippen molar-refractivity contribution >= 4 is 40.5 Å². The molecule has 3 rings (SSSR count). The first-order valence-electron chi connectivity index (χ1n) is 7.96. The number of carboxylic acids is 1. The average molecular weight is 384 g/mol. The van der Waals surface area contributed by atoms with Crippen molar-refractivity contribution in [2.24, 2.45) is 0 Å². The number of benzene rings is 1. The summed E-state index contributed by atoms with van der Waals surface area (Å²) in [4.78, 5) is 15.0. The van der Waals surface area contributed by atoms with Gasteiger partial charge >= 0.3 is 5.97 Å². The summed E-state index contributed by atoms with van der Waals surface area (Å²) in [6.45, 7) is 2.81. The first kappa shape index (κ1) is 17.7. The number of aliphatic carboxylic acids is 1. The summed E-state index contributed by atoms with van der Waals surface area (Å²) in [5.74, 6) is -0.765. The van der Waals surface area contributed by atoms with Gasteiger partial charge in [-0.15, -0.1) is 11.3 Å². The smallest absolute Gasteiger partial charge is 0.320 e. The van der Waals surface area contributed by atoms with Crippen LogP contribution in [-0.2, 0) is 4.79 Å². The molecule has 24 heavy (non-hydrogen) atoms. The third-order valence-corrected chi connectivity index (χ3v) is 6.20. The Hall–Kier alpha value is -1.07. The molecular formula is C18H19Cl2NO2S. The second kappa shape index (κ2) is 7.44. The first-order valence-corrected chi connectivity index (χ1v) is 9.60. The molecule has 1 fully saturated rings. The quantitative estimate of drug-likeness (QED) is 0.768. The zero-order valence-corrected chi connectivity index (χ0v) is 15.7. The molecule has 1 saturated heterocycles. The summed E-state index contributed by atoms with van der Waals surface area (Å²) in [7, 11) is 0. The van der Waals surface area contributed by atoms with Gasteiger partial charge in [0.25, 0.3) is 0 Å². The molecule has 0 radical (unpaired) electrons. The first-order chi connectivity index (χ1) is 11.5. The number of piperidine rings is 1. The van der Waals surface area contributed by atoms with Gasteiger partial charge in [0.15, 0.2) is 0 Å². The van der Waals surface area contributed by atoms with Gasteiger partial charge in [0.1, 0.15) is 6.04 Å².